The van der Waals surface area contributed by atoms with Crippen molar-refractivity contribution in [1.82, 2.24) is 15.1 Å². The molecular formula is C19H27N5O. The van der Waals surface area contributed by atoms with E-state index in [-0.39, 0.29) is 0 Å². The van der Waals surface area contributed by atoms with E-state index < -0.39 is 0 Å². The Balaban J connectivity index is 1.44. The Hall–Kier alpha value is -1.92. The number of nitrogens with two attached hydrogens (primary N) is 1. The van der Waals surface area contributed by atoms with Crippen molar-refractivity contribution in [2.24, 2.45) is 11.1 Å². The standard InChI is InChI=1S/C19H27N5O/c20-12-17-21-22-18(25-17)24-11-5-9-19(15-24)8-4-10-23(14-19)13-16-6-2-1-3-7-16/h1-3,6-7H,4-5,8-15,20H2. The quantitative estimate of drug-likeness (QED) is 0.921. The second kappa shape index (κ2) is 7.14. The fourth-order valence-corrected chi connectivity index (χ4v) is 4.45. The molecule has 0 saturated carbocycles. The maximum absolute atomic E-state index is 5.69. The minimum Gasteiger partial charge on any atom is -0.407 e. The van der Waals surface area contributed by atoms with Crippen LogP contribution in [-0.4, -0.2) is 41.3 Å². The summed E-state index contributed by atoms with van der Waals surface area (Å²) in [5.74, 6) is 0.518. The third-order valence-corrected chi connectivity index (χ3v) is 5.55. The van der Waals surface area contributed by atoms with Crippen molar-refractivity contribution in [2.75, 3.05) is 31.1 Å². The molecular weight excluding hydrogens is 314 g/mol. The van der Waals surface area contributed by atoms with Crippen molar-refractivity contribution >= 4 is 6.01 Å². The number of benzene rings is 1. The molecule has 2 aliphatic rings. The minimum atomic E-state index is 0.302. The Labute approximate surface area is 149 Å². The van der Waals surface area contributed by atoms with Gasteiger partial charge in [-0.05, 0) is 37.8 Å². The van der Waals surface area contributed by atoms with Crippen LogP contribution in [0.15, 0.2) is 34.7 Å². The van der Waals surface area contributed by atoms with Crippen LogP contribution in [0.1, 0.15) is 37.1 Å². The fourth-order valence-electron chi connectivity index (χ4n) is 4.45. The molecule has 6 nitrogen and oxygen atoms in total. The molecule has 1 spiro atoms. The molecule has 1 atom stereocenters. The van der Waals surface area contributed by atoms with Crippen LogP contribution in [0.25, 0.3) is 0 Å². The molecule has 2 aromatic rings. The first-order chi connectivity index (χ1) is 12.3. The van der Waals surface area contributed by atoms with Gasteiger partial charge in [0.05, 0.1) is 6.54 Å². The Morgan fingerprint density at radius 2 is 1.84 bits per heavy atom. The van der Waals surface area contributed by atoms with Gasteiger partial charge < -0.3 is 15.1 Å². The van der Waals surface area contributed by atoms with Gasteiger partial charge in [-0.25, -0.2) is 0 Å². The van der Waals surface area contributed by atoms with Crippen LogP contribution in [0.3, 0.4) is 0 Å². The first-order valence-corrected chi connectivity index (χ1v) is 9.30. The van der Waals surface area contributed by atoms with Gasteiger partial charge in [0, 0.05) is 31.6 Å². The zero-order valence-electron chi connectivity index (χ0n) is 14.7. The third kappa shape index (κ3) is 3.70. The molecule has 0 bridgehead atoms. The summed E-state index contributed by atoms with van der Waals surface area (Å²) in [4.78, 5) is 4.88. The summed E-state index contributed by atoms with van der Waals surface area (Å²) in [5, 5.41) is 8.21. The first-order valence-electron chi connectivity index (χ1n) is 9.30. The smallest absolute Gasteiger partial charge is 0.318 e. The van der Waals surface area contributed by atoms with E-state index in [0.29, 0.717) is 23.9 Å². The highest BCUT2D eigenvalue weighted by Crippen LogP contribution is 2.39. The predicted octanol–water partition coefficient (Wildman–Crippen LogP) is 2.41. The molecule has 2 N–H and O–H groups in total. The topological polar surface area (TPSA) is 71.4 Å². The number of likely N-dealkylation sites (tertiary alicyclic amines) is 1. The van der Waals surface area contributed by atoms with E-state index in [1.807, 2.05) is 0 Å². The van der Waals surface area contributed by atoms with Gasteiger partial charge in [0.15, 0.2) is 0 Å². The average molecular weight is 341 g/mol. The Morgan fingerprint density at radius 3 is 2.60 bits per heavy atom. The Bertz CT molecular complexity index is 684. The molecule has 3 heterocycles. The van der Waals surface area contributed by atoms with Crippen molar-refractivity contribution in [2.45, 2.75) is 38.8 Å². The van der Waals surface area contributed by atoms with E-state index in [0.717, 1.165) is 26.2 Å². The summed E-state index contributed by atoms with van der Waals surface area (Å²) in [6.07, 6.45) is 5.01. The summed E-state index contributed by atoms with van der Waals surface area (Å²) in [6.45, 7) is 5.68. The second-order valence-corrected chi connectivity index (χ2v) is 7.51. The van der Waals surface area contributed by atoms with Gasteiger partial charge in [0.2, 0.25) is 5.89 Å². The zero-order valence-corrected chi connectivity index (χ0v) is 14.7. The highest BCUT2D eigenvalue weighted by atomic mass is 16.4. The molecule has 0 amide bonds. The van der Waals surface area contributed by atoms with E-state index in [2.05, 4.69) is 50.3 Å². The van der Waals surface area contributed by atoms with Crippen molar-refractivity contribution in [3.63, 3.8) is 0 Å². The SMILES string of the molecule is NCc1nnc(N2CCCC3(CCCN(Cc4ccccc4)C3)C2)o1. The molecule has 25 heavy (non-hydrogen) atoms. The van der Waals surface area contributed by atoms with E-state index >= 15 is 0 Å². The maximum atomic E-state index is 5.69. The minimum absolute atomic E-state index is 0.302. The van der Waals surface area contributed by atoms with Gasteiger partial charge in [-0.15, -0.1) is 5.10 Å². The molecule has 1 aromatic heterocycles. The number of hydrogen-bond donors (Lipinski definition) is 1. The van der Waals surface area contributed by atoms with Gasteiger partial charge >= 0.3 is 6.01 Å². The number of piperidine rings is 2. The summed E-state index contributed by atoms with van der Waals surface area (Å²) in [6, 6.07) is 11.4. The van der Waals surface area contributed by atoms with Crippen molar-refractivity contribution in [1.29, 1.82) is 0 Å². The van der Waals surface area contributed by atoms with Gasteiger partial charge in [0.25, 0.3) is 0 Å². The lowest BCUT2D eigenvalue weighted by atomic mass is 9.73. The Kier molecular flexibility index (Phi) is 4.72. The monoisotopic (exact) mass is 341 g/mol. The molecule has 2 fully saturated rings. The van der Waals surface area contributed by atoms with E-state index in [1.54, 1.807) is 0 Å². The fraction of sp³-hybridized carbons (Fsp3) is 0.579. The van der Waals surface area contributed by atoms with E-state index in [4.69, 9.17) is 10.2 Å². The lowest BCUT2D eigenvalue weighted by Crippen LogP contribution is -2.52. The zero-order chi connectivity index (χ0) is 17.1. The number of rotatable bonds is 4. The van der Waals surface area contributed by atoms with Gasteiger partial charge in [0.1, 0.15) is 0 Å². The summed E-state index contributed by atoms with van der Waals surface area (Å²) < 4.78 is 5.69. The molecule has 1 aromatic carbocycles. The molecule has 4 rings (SSSR count). The number of hydrogen-bond acceptors (Lipinski definition) is 6. The van der Waals surface area contributed by atoms with E-state index in [9.17, 15) is 0 Å². The van der Waals surface area contributed by atoms with Crippen molar-refractivity contribution in [3.8, 4) is 0 Å². The molecule has 2 saturated heterocycles. The molecule has 2 aliphatic heterocycles. The van der Waals surface area contributed by atoms with Crippen molar-refractivity contribution < 1.29 is 4.42 Å². The number of aromatic nitrogens is 2. The predicted molar refractivity (Wildman–Crippen MR) is 97.0 cm³/mol. The van der Waals surface area contributed by atoms with Crippen LogP contribution in [0.5, 0.6) is 0 Å². The van der Waals surface area contributed by atoms with Gasteiger partial charge in [-0.3, -0.25) is 4.90 Å². The number of anilines is 1. The lowest BCUT2D eigenvalue weighted by Gasteiger charge is -2.48. The van der Waals surface area contributed by atoms with Crippen LogP contribution in [0.2, 0.25) is 0 Å². The van der Waals surface area contributed by atoms with Crippen molar-refractivity contribution in [3.05, 3.63) is 41.8 Å². The maximum Gasteiger partial charge on any atom is 0.318 e. The highest BCUT2D eigenvalue weighted by Gasteiger charge is 2.40. The Morgan fingerprint density at radius 1 is 1.04 bits per heavy atom. The van der Waals surface area contributed by atoms with Crippen LogP contribution in [-0.2, 0) is 13.1 Å². The van der Waals surface area contributed by atoms with Crippen LogP contribution in [0.4, 0.5) is 6.01 Å². The summed E-state index contributed by atoms with van der Waals surface area (Å²) in [5.41, 5.74) is 7.33. The van der Waals surface area contributed by atoms with Gasteiger partial charge in [-0.1, -0.05) is 35.4 Å². The largest absolute Gasteiger partial charge is 0.407 e. The third-order valence-electron chi connectivity index (χ3n) is 5.55. The second-order valence-electron chi connectivity index (χ2n) is 7.51. The highest BCUT2D eigenvalue weighted by molar-refractivity contribution is 5.27. The van der Waals surface area contributed by atoms with Crippen LogP contribution in [0, 0.1) is 5.41 Å². The van der Waals surface area contributed by atoms with Crippen LogP contribution < -0.4 is 10.6 Å². The molecule has 0 radical (unpaired) electrons. The van der Waals surface area contributed by atoms with E-state index in [1.165, 1.54) is 37.8 Å². The summed E-state index contributed by atoms with van der Waals surface area (Å²) >= 11 is 0. The summed E-state index contributed by atoms with van der Waals surface area (Å²) in [7, 11) is 0. The molecule has 0 aliphatic carbocycles. The normalized spacial score (nSPS) is 24.8. The average Bonchev–Trinajstić information content (AvgIpc) is 3.12. The molecule has 1 unspecified atom stereocenters. The first kappa shape index (κ1) is 16.5. The number of nitrogens with zero attached hydrogens (tertiary/aromatic N) is 4. The lowest BCUT2D eigenvalue weighted by molar-refractivity contribution is 0.0671. The molecule has 6 heteroatoms. The van der Waals surface area contributed by atoms with Crippen LogP contribution >= 0.6 is 0 Å². The molecule has 134 valence electrons. The van der Waals surface area contributed by atoms with Gasteiger partial charge in [-0.2, -0.15) is 0 Å².